The van der Waals surface area contributed by atoms with E-state index in [0.29, 0.717) is 10.2 Å². The lowest BCUT2D eigenvalue weighted by molar-refractivity contribution is -0.125. The number of hydrogen-bond donors (Lipinski definition) is 0. The van der Waals surface area contributed by atoms with E-state index < -0.39 is 18.4 Å². The Bertz CT molecular complexity index is 458. The maximum atomic E-state index is 12.2. The van der Waals surface area contributed by atoms with Gasteiger partial charge in [0.05, 0.1) is 19.8 Å². The van der Waals surface area contributed by atoms with Crippen LogP contribution in [0.4, 0.5) is 13.2 Å². The Balaban J connectivity index is 3.17. The molecule has 1 aromatic carbocycles. The summed E-state index contributed by atoms with van der Waals surface area (Å²) in [5.41, 5.74) is -0.137. The lowest BCUT2D eigenvalue weighted by Crippen LogP contribution is -2.15. The summed E-state index contributed by atoms with van der Waals surface area (Å²) in [5.74, 6) is -0.651. The summed E-state index contributed by atoms with van der Waals surface area (Å²) in [5, 5.41) is 0. The molecule has 0 saturated carbocycles. The van der Waals surface area contributed by atoms with Crippen LogP contribution in [0.25, 0.3) is 0 Å². The van der Waals surface area contributed by atoms with E-state index in [-0.39, 0.29) is 11.3 Å². The van der Waals surface area contributed by atoms with Crippen molar-refractivity contribution in [1.29, 1.82) is 0 Å². The lowest BCUT2D eigenvalue weighted by atomic mass is 10.1. The number of Topliss-reactive ketones (excluding diaryl/α,β-unsaturated/α-hetero) is 1. The molecule has 1 rings (SSSR count). The molecule has 0 aromatic heterocycles. The molecule has 0 heterocycles. The van der Waals surface area contributed by atoms with Gasteiger partial charge in [-0.25, -0.2) is 0 Å². The molecule has 100 valence electrons. The molecule has 0 N–H and O–H groups in total. The number of hydrogen-bond acceptors (Lipinski definition) is 3. The topological polar surface area (TPSA) is 35.5 Å². The number of carbonyl (C=O) groups excluding carboxylic acids is 1. The van der Waals surface area contributed by atoms with Gasteiger partial charge in [0.2, 0.25) is 0 Å². The molecule has 0 unspecified atom stereocenters. The van der Waals surface area contributed by atoms with Gasteiger partial charge in [0.25, 0.3) is 0 Å². The van der Waals surface area contributed by atoms with Crippen LogP contribution in [-0.4, -0.2) is 26.2 Å². The van der Waals surface area contributed by atoms with Crippen molar-refractivity contribution in [2.75, 3.05) is 14.2 Å². The molecule has 0 amide bonds. The quantitative estimate of drug-likeness (QED) is 0.793. The molecular formula is C11H10BrF3O3. The number of carbonyl (C=O) groups is 1. The molecule has 1 aromatic rings. The van der Waals surface area contributed by atoms with Gasteiger partial charge >= 0.3 is 6.18 Å². The number of halogens is 4. The summed E-state index contributed by atoms with van der Waals surface area (Å²) in [6.45, 7) is 0. The third-order valence-electron chi connectivity index (χ3n) is 2.15. The smallest absolute Gasteiger partial charge is 0.396 e. The van der Waals surface area contributed by atoms with E-state index in [4.69, 9.17) is 9.47 Å². The van der Waals surface area contributed by atoms with Crippen LogP contribution >= 0.6 is 15.9 Å². The fourth-order valence-corrected chi connectivity index (χ4v) is 2.06. The number of benzene rings is 1. The maximum Gasteiger partial charge on any atom is 0.396 e. The van der Waals surface area contributed by atoms with Crippen LogP contribution in [0.3, 0.4) is 0 Å². The first-order chi connectivity index (χ1) is 8.30. The van der Waals surface area contributed by atoms with E-state index in [2.05, 4.69) is 15.9 Å². The molecule has 0 aliphatic heterocycles. The molecule has 0 fully saturated rings. The van der Waals surface area contributed by atoms with Crippen LogP contribution in [-0.2, 0) is 0 Å². The first kappa shape index (κ1) is 14.8. The highest BCUT2D eigenvalue weighted by molar-refractivity contribution is 9.10. The number of methoxy groups -OCH3 is 2. The normalized spacial score (nSPS) is 11.2. The van der Waals surface area contributed by atoms with E-state index in [0.717, 1.165) is 0 Å². The highest BCUT2D eigenvalue weighted by Gasteiger charge is 2.33. The van der Waals surface area contributed by atoms with E-state index in [1.165, 1.54) is 26.4 Å². The summed E-state index contributed by atoms with van der Waals surface area (Å²) in [7, 11) is 2.67. The van der Waals surface area contributed by atoms with Gasteiger partial charge in [-0.2, -0.15) is 13.2 Å². The third-order valence-corrected chi connectivity index (χ3v) is 2.90. The first-order valence-electron chi connectivity index (χ1n) is 4.80. The Morgan fingerprint density at radius 3 is 2.33 bits per heavy atom. The Hall–Kier alpha value is -1.24. The zero-order valence-corrected chi connectivity index (χ0v) is 11.2. The van der Waals surface area contributed by atoms with Gasteiger partial charge in [-0.05, 0) is 28.1 Å². The predicted molar refractivity (Wildman–Crippen MR) is 62.2 cm³/mol. The largest absolute Gasteiger partial charge is 0.495 e. The van der Waals surface area contributed by atoms with Crippen molar-refractivity contribution in [2.24, 2.45) is 0 Å². The zero-order chi connectivity index (χ0) is 13.9. The summed E-state index contributed by atoms with van der Waals surface area (Å²) in [4.78, 5) is 11.5. The van der Waals surface area contributed by atoms with Gasteiger partial charge in [0.1, 0.15) is 22.4 Å². The molecular weight excluding hydrogens is 317 g/mol. The predicted octanol–water partition coefficient (Wildman–Crippen LogP) is 3.60. The molecule has 18 heavy (non-hydrogen) atoms. The molecule has 7 heteroatoms. The van der Waals surface area contributed by atoms with Crippen LogP contribution in [0.15, 0.2) is 16.6 Å². The molecule has 0 radical (unpaired) electrons. The number of ketones is 1. The second kappa shape index (κ2) is 5.60. The van der Waals surface area contributed by atoms with Crippen molar-refractivity contribution in [3.63, 3.8) is 0 Å². The van der Waals surface area contributed by atoms with Crippen LogP contribution in [0.2, 0.25) is 0 Å². The second-order valence-electron chi connectivity index (χ2n) is 3.38. The van der Waals surface area contributed by atoms with Crippen molar-refractivity contribution >= 4 is 21.7 Å². The molecule has 0 atom stereocenters. The Morgan fingerprint density at radius 1 is 1.28 bits per heavy atom. The minimum absolute atomic E-state index is 0.0311. The van der Waals surface area contributed by atoms with Gasteiger partial charge in [0, 0.05) is 0 Å². The average molecular weight is 327 g/mol. The van der Waals surface area contributed by atoms with Crippen LogP contribution < -0.4 is 9.47 Å². The van der Waals surface area contributed by atoms with Crippen molar-refractivity contribution in [1.82, 2.24) is 0 Å². The van der Waals surface area contributed by atoms with Gasteiger partial charge in [-0.15, -0.1) is 0 Å². The minimum Gasteiger partial charge on any atom is -0.495 e. The fraction of sp³-hybridized carbons (Fsp3) is 0.364. The SMILES string of the molecule is COc1ccc(C(=O)CC(F)(F)F)c(OC)c1Br. The lowest BCUT2D eigenvalue weighted by Gasteiger charge is -2.13. The molecule has 0 saturated heterocycles. The summed E-state index contributed by atoms with van der Waals surface area (Å²) < 4.78 is 46.7. The summed E-state index contributed by atoms with van der Waals surface area (Å²) in [6, 6.07) is 2.65. The average Bonchev–Trinajstić information content (AvgIpc) is 2.26. The van der Waals surface area contributed by atoms with Gasteiger partial charge in [-0.3, -0.25) is 4.79 Å². The van der Waals surface area contributed by atoms with Gasteiger partial charge < -0.3 is 9.47 Å². The zero-order valence-electron chi connectivity index (χ0n) is 9.60. The first-order valence-corrected chi connectivity index (χ1v) is 5.60. The monoisotopic (exact) mass is 326 g/mol. The Kier molecular flexibility index (Phi) is 4.61. The number of ether oxygens (including phenoxy) is 2. The van der Waals surface area contributed by atoms with Crippen molar-refractivity contribution in [3.05, 3.63) is 22.2 Å². The maximum absolute atomic E-state index is 12.2. The van der Waals surface area contributed by atoms with Crippen LogP contribution in [0.1, 0.15) is 16.8 Å². The fourth-order valence-electron chi connectivity index (χ4n) is 1.39. The van der Waals surface area contributed by atoms with Crippen molar-refractivity contribution in [2.45, 2.75) is 12.6 Å². The number of rotatable bonds is 4. The van der Waals surface area contributed by atoms with Gasteiger partial charge in [0.15, 0.2) is 5.78 Å². The van der Waals surface area contributed by atoms with Crippen molar-refractivity contribution < 1.29 is 27.4 Å². The molecule has 3 nitrogen and oxygen atoms in total. The Labute approximate surface area is 110 Å². The molecule has 0 spiro atoms. The molecule has 0 aliphatic rings. The van der Waals surface area contributed by atoms with E-state index in [9.17, 15) is 18.0 Å². The number of alkyl halides is 3. The van der Waals surface area contributed by atoms with Gasteiger partial charge in [-0.1, -0.05) is 0 Å². The minimum atomic E-state index is -4.55. The molecule has 0 aliphatic carbocycles. The second-order valence-corrected chi connectivity index (χ2v) is 4.17. The molecule has 0 bridgehead atoms. The Morgan fingerprint density at radius 2 is 1.89 bits per heavy atom. The standard InChI is InChI=1S/C11H10BrF3O3/c1-17-8-4-3-6(10(18-2)9(8)12)7(16)5-11(13,14)15/h3-4H,5H2,1-2H3. The van der Waals surface area contributed by atoms with E-state index in [1.807, 2.05) is 0 Å². The van der Waals surface area contributed by atoms with Crippen molar-refractivity contribution in [3.8, 4) is 11.5 Å². The van der Waals surface area contributed by atoms with E-state index >= 15 is 0 Å². The van der Waals surface area contributed by atoms with Crippen LogP contribution in [0.5, 0.6) is 11.5 Å². The highest BCUT2D eigenvalue weighted by atomic mass is 79.9. The van der Waals surface area contributed by atoms with Crippen LogP contribution in [0, 0.1) is 0 Å². The summed E-state index contributed by atoms with van der Waals surface area (Å²) in [6.07, 6.45) is -6.07. The van der Waals surface area contributed by atoms with E-state index in [1.54, 1.807) is 0 Å². The highest BCUT2D eigenvalue weighted by Crippen LogP contribution is 2.38. The summed E-state index contributed by atoms with van der Waals surface area (Å²) >= 11 is 3.12. The third kappa shape index (κ3) is 3.38.